The summed E-state index contributed by atoms with van der Waals surface area (Å²) in [6, 6.07) is 16.1. The van der Waals surface area contributed by atoms with Gasteiger partial charge in [-0.1, -0.05) is 41.7 Å². The van der Waals surface area contributed by atoms with E-state index in [0.29, 0.717) is 24.0 Å². The zero-order chi connectivity index (χ0) is 22.1. The van der Waals surface area contributed by atoms with E-state index in [2.05, 4.69) is 37.3 Å². The van der Waals surface area contributed by atoms with Gasteiger partial charge in [0, 0.05) is 31.9 Å². The number of aromatic nitrogens is 3. The molecule has 0 bridgehead atoms. The predicted octanol–water partition coefficient (Wildman–Crippen LogP) is 4.37. The van der Waals surface area contributed by atoms with Crippen LogP contribution in [0.3, 0.4) is 0 Å². The largest absolute Gasteiger partial charge is 0.368 e. The Morgan fingerprint density at radius 1 is 1.00 bits per heavy atom. The van der Waals surface area contributed by atoms with Crippen LogP contribution >= 0.6 is 11.3 Å². The zero-order valence-corrected chi connectivity index (χ0v) is 18.2. The monoisotopic (exact) mass is 447 g/mol. The van der Waals surface area contributed by atoms with E-state index >= 15 is 0 Å². The third-order valence-corrected chi connectivity index (χ3v) is 6.47. The van der Waals surface area contributed by atoms with Crippen molar-refractivity contribution in [3.63, 3.8) is 0 Å². The molecule has 10 heteroatoms. The zero-order valence-electron chi connectivity index (χ0n) is 17.4. The molecule has 32 heavy (non-hydrogen) atoms. The average molecular weight is 448 g/mol. The summed E-state index contributed by atoms with van der Waals surface area (Å²) in [7, 11) is 0. The molecule has 0 spiro atoms. The van der Waals surface area contributed by atoms with Crippen LogP contribution < -0.4 is 15.1 Å². The van der Waals surface area contributed by atoms with Gasteiger partial charge in [-0.05, 0) is 30.7 Å². The second-order valence-electron chi connectivity index (χ2n) is 7.53. The first kappa shape index (κ1) is 20.1. The molecule has 0 saturated carbocycles. The highest BCUT2D eigenvalue weighted by Crippen LogP contribution is 2.36. The van der Waals surface area contributed by atoms with E-state index in [1.165, 1.54) is 17.7 Å². The van der Waals surface area contributed by atoms with E-state index in [-0.39, 0.29) is 11.5 Å². The molecule has 5 rings (SSSR count). The van der Waals surface area contributed by atoms with E-state index in [4.69, 9.17) is 0 Å². The molecule has 1 aliphatic rings. The Morgan fingerprint density at radius 2 is 1.75 bits per heavy atom. The lowest BCUT2D eigenvalue weighted by molar-refractivity contribution is -0.383. The number of nitrogens with one attached hydrogen (secondary N) is 1. The first-order chi connectivity index (χ1) is 15.6. The molecule has 1 aliphatic heterocycles. The standard InChI is InChI=1S/C22H21N7O2S/c1-15-6-5-9-17-18(15)25-22(32-17)26-20-19(29(30)31)21(24-14-23-20)28-12-10-27(11-13-28)16-7-3-2-4-8-16/h2-9,14H,10-13H2,1H3,(H,23,24,25,26). The number of rotatable bonds is 5. The lowest BCUT2D eigenvalue weighted by Gasteiger charge is -2.36. The van der Waals surface area contributed by atoms with E-state index in [1.54, 1.807) is 0 Å². The first-order valence-corrected chi connectivity index (χ1v) is 11.1. The molecule has 1 saturated heterocycles. The molecule has 0 amide bonds. The second kappa shape index (κ2) is 8.39. The third kappa shape index (κ3) is 3.80. The summed E-state index contributed by atoms with van der Waals surface area (Å²) in [5.41, 5.74) is 2.96. The highest BCUT2D eigenvalue weighted by atomic mass is 32.1. The number of nitrogens with zero attached hydrogens (tertiary/aromatic N) is 6. The summed E-state index contributed by atoms with van der Waals surface area (Å²) >= 11 is 1.44. The summed E-state index contributed by atoms with van der Waals surface area (Å²) in [5, 5.41) is 15.6. The number of piperazine rings is 1. The maximum Gasteiger partial charge on any atom is 0.353 e. The molecule has 0 atom stereocenters. The van der Waals surface area contributed by atoms with E-state index < -0.39 is 4.92 Å². The summed E-state index contributed by atoms with van der Waals surface area (Å²) < 4.78 is 1.02. The smallest absolute Gasteiger partial charge is 0.353 e. The maximum absolute atomic E-state index is 12.0. The second-order valence-corrected chi connectivity index (χ2v) is 8.56. The molecular formula is C22H21N7O2S. The van der Waals surface area contributed by atoms with Crippen molar-refractivity contribution in [1.82, 2.24) is 15.0 Å². The van der Waals surface area contributed by atoms with Gasteiger partial charge in [-0.3, -0.25) is 10.1 Å². The van der Waals surface area contributed by atoms with Crippen molar-refractivity contribution in [3.8, 4) is 0 Å². The molecular weight excluding hydrogens is 426 g/mol. The summed E-state index contributed by atoms with van der Waals surface area (Å²) in [4.78, 5) is 28.9. The van der Waals surface area contributed by atoms with Crippen molar-refractivity contribution < 1.29 is 4.92 Å². The molecule has 0 radical (unpaired) electrons. The SMILES string of the molecule is Cc1cccc2sc(Nc3ncnc(N4CCN(c5ccccc5)CC4)c3[N+](=O)[O-])nc12. The number of benzene rings is 2. The fourth-order valence-corrected chi connectivity index (χ4v) is 4.86. The van der Waals surface area contributed by atoms with Gasteiger partial charge in [-0.15, -0.1) is 0 Å². The van der Waals surface area contributed by atoms with Crippen molar-refractivity contribution in [2.24, 2.45) is 0 Å². The summed E-state index contributed by atoms with van der Waals surface area (Å²) in [6.45, 7) is 4.77. The highest BCUT2D eigenvalue weighted by Gasteiger charge is 2.30. The van der Waals surface area contributed by atoms with Crippen LogP contribution in [0.5, 0.6) is 0 Å². The first-order valence-electron chi connectivity index (χ1n) is 10.3. The molecule has 0 aliphatic carbocycles. The van der Waals surface area contributed by atoms with E-state index in [1.807, 2.05) is 48.2 Å². The van der Waals surface area contributed by atoms with Crippen LogP contribution in [-0.4, -0.2) is 46.1 Å². The molecule has 2 aromatic carbocycles. The fourth-order valence-electron chi connectivity index (χ4n) is 3.92. The van der Waals surface area contributed by atoms with Crippen LogP contribution in [-0.2, 0) is 0 Å². The number of fused-ring (bicyclic) bond motifs is 1. The topological polar surface area (TPSA) is 100 Å². The number of aryl methyl sites for hydroxylation is 1. The summed E-state index contributed by atoms with van der Waals surface area (Å²) in [6.07, 6.45) is 1.37. The normalized spacial score (nSPS) is 14.0. The van der Waals surface area contributed by atoms with Crippen molar-refractivity contribution in [2.75, 3.05) is 41.3 Å². The molecule has 0 unspecified atom stereocenters. The van der Waals surface area contributed by atoms with Gasteiger partial charge >= 0.3 is 5.69 Å². The number of para-hydroxylation sites is 2. The Kier molecular flexibility index (Phi) is 5.28. The minimum absolute atomic E-state index is 0.128. The van der Waals surface area contributed by atoms with Gasteiger partial charge in [-0.2, -0.15) is 0 Å². The Labute approximate surface area is 188 Å². The van der Waals surface area contributed by atoms with Gasteiger partial charge in [0.05, 0.1) is 15.1 Å². The van der Waals surface area contributed by atoms with Crippen LogP contribution in [0.15, 0.2) is 54.9 Å². The quantitative estimate of drug-likeness (QED) is 0.355. The van der Waals surface area contributed by atoms with Crippen molar-refractivity contribution >= 4 is 49.7 Å². The van der Waals surface area contributed by atoms with Crippen LogP contribution in [0.4, 0.5) is 28.1 Å². The average Bonchev–Trinajstić information content (AvgIpc) is 3.23. The number of hydrogen-bond acceptors (Lipinski definition) is 9. The Hall–Kier alpha value is -3.79. The van der Waals surface area contributed by atoms with E-state index in [0.717, 1.165) is 34.6 Å². The molecule has 4 aromatic rings. The fraction of sp³-hybridized carbons (Fsp3) is 0.227. The highest BCUT2D eigenvalue weighted by molar-refractivity contribution is 7.22. The maximum atomic E-state index is 12.0. The third-order valence-electron chi connectivity index (χ3n) is 5.53. The van der Waals surface area contributed by atoms with Gasteiger partial charge in [-0.25, -0.2) is 15.0 Å². The van der Waals surface area contributed by atoms with Crippen molar-refractivity contribution in [2.45, 2.75) is 6.92 Å². The number of thiazole rings is 1. The van der Waals surface area contributed by atoms with Gasteiger partial charge in [0.2, 0.25) is 11.6 Å². The Bertz CT molecular complexity index is 1270. The number of anilines is 4. The minimum Gasteiger partial charge on any atom is -0.368 e. The Balaban J connectivity index is 1.41. The Morgan fingerprint density at radius 3 is 2.47 bits per heavy atom. The molecule has 3 heterocycles. The van der Waals surface area contributed by atoms with Gasteiger partial charge in [0.1, 0.15) is 6.33 Å². The molecule has 9 nitrogen and oxygen atoms in total. The minimum atomic E-state index is -0.417. The summed E-state index contributed by atoms with van der Waals surface area (Å²) in [5.74, 6) is 0.486. The van der Waals surface area contributed by atoms with E-state index in [9.17, 15) is 10.1 Å². The molecule has 162 valence electrons. The van der Waals surface area contributed by atoms with Crippen molar-refractivity contribution in [3.05, 3.63) is 70.5 Å². The number of hydrogen-bond donors (Lipinski definition) is 1. The molecule has 1 fully saturated rings. The van der Waals surface area contributed by atoms with Crippen LogP contribution in [0, 0.1) is 17.0 Å². The molecule has 2 aromatic heterocycles. The predicted molar refractivity (Wildman–Crippen MR) is 127 cm³/mol. The van der Waals surface area contributed by atoms with Crippen molar-refractivity contribution in [1.29, 1.82) is 0 Å². The lowest BCUT2D eigenvalue weighted by Crippen LogP contribution is -2.47. The van der Waals surface area contributed by atoms with Crippen LogP contribution in [0.1, 0.15) is 5.56 Å². The van der Waals surface area contributed by atoms with Gasteiger partial charge in [0.25, 0.3) is 0 Å². The van der Waals surface area contributed by atoms with Gasteiger partial charge in [0.15, 0.2) is 5.13 Å². The molecule has 1 N–H and O–H groups in total. The van der Waals surface area contributed by atoms with Crippen LogP contribution in [0.25, 0.3) is 10.2 Å². The van der Waals surface area contributed by atoms with Crippen LogP contribution in [0.2, 0.25) is 0 Å². The lowest BCUT2D eigenvalue weighted by atomic mass is 10.2. The number of nitro groups is 1. The van der Waals surface area contributed by atoms with Gasteiger partial charge < -0.3 is 15.1 Å².